The van der Waals surface area contributed by atoms with E-state index < -0.39 is 0 Å². The van der Waals surface area contributed by atoms with Gasteiger partial charge in [0.15, 0.2) is 0 Å². The van der Waals surface area contributed by atoms with Gasteiger partial charge < -0.3 is 14.5 Å². The Hall–Kier alpha value is -2.26. The van der Waals surface area contributed by atoms with E-state index in [9.17, 15) is 0 Å². The molecule has 2 aromatic rings. The van der Waals surface area contributed by atoms with Crippen molar-refractivity contribution in [3.8, 4) is 0 Å². The SMILES string of the molecule is CN(c1nccc(N2CCOCC2)n1)C1CCCN(CCn2ccnn2)C1. The van der Waals surface area contributed by atoms with E-state index in [0.717, 1.165) is 64.2 Å². The fraction of sp³-hybridized carbons (Fsp3) is 0.667. The standard InChI is InChI=1S/C18H28N8O/c1-23(18-19-5-4-17(21-18)25-11-13-27-14-12-25)16-3-2-7-24(15-16)9-10-26-8-6-20-22-26/h4-6,8,16H,2-3,7,9-15H2,1H3. The first-order valence-electron chi connectivity index (χ1n) is 9.74. The predicted octanol–water partition coefficient (Wildman–Crippen LogP) is 0.506. The monoisotopic (exact) mass is 372 g/mol. The third-order valence-electron chi connectivity index (χ3n) is 5.42. The van der Waals surface area contributed by atoms with E-state index >= 15 is 0 Å². The minimum atomic E-state index is 0.425. The van der Waals surface area contributed by atoms with Gasteiger partial charge in [-0.1, -0.05) is 5.21 Å². The number of nitrogens with zero attached hydrogens (tertiary/aromatic N) is 8. The number of hydrogen-bond acceptors (Lipinski definition) is 8. The van der Waals surface area contributed by atoms with Gasteiger partial charge >= 0.3 is 0 Å². The second-order valence-corrected chi connectivity index (χ2v) is 7.19. The number of piperidine rings is 1. The maximum atomic E-state index is 5.44. The molecule has 9 nitrogen and oxygen atoms in total. The van der Waals surface area contributed by atoms with Crippen LogP contribution < -0.4 is 9.80 Å². The molecular weight excluding hydrogens is 344 g/mol. The summed E-state index contributed by atoms with van der Waals surface area (Å²) in [5.74, 6) is 1.80. The minimum Gasteiger partial charge on any atom is -0.378 e. The van der Waals surface area contributed by atoms with E-state index in [2.05, 4.69) is 37.0 Å². The average molecular weight is 372 g/mol. The molecule has 1 unspecified atom stereocenters. The van der Waals surface area contributed by atoms with E-state index in [1.165, 1.54) is 12.8 Å². The smallest absolute Gasteiger partial charge is 0.227 e. The Morgan fingerprint density at radius 1 is 1.19 bits per heavy atom. The maximum Gasteiger partial charge on any atom is 0.227 e. The molecule has 146 valence electrons. The van der Waals surface area contributed by atoms with Gasteiger partial charge in [-0.3, -0.25) is 9.58 Å². The molecule has 0 amide bonds. The molecule has 1 atom stereocenters. The van der Waals surface area contributed by atoms with Gasteiger partial charge in [-0.25, -0.2) is 4.98 Å². The summed E-state index contributed by atoms with van der Waals surface area (Å²) < 4.78 is 7.34. The molecule has 0 N–H and O–H groups in total. The quantitative estimate of drug-likeness (QED) is 0.726. The molecular formula is C18H28N8O. The van der Waals surface area contributed by atoms with Crippen LogP contribution in [0.5, 0.6) is 0 Å². The van der Waals surface area contributed by atoms with Gasteiger partial charge in [0.2, 0.25) is 5.95 Å². The summed E-state index contributed by atoms with van der Waals surface area (Å²) >= 11 is 0. The van der Waals surface area contributed by atoms with Crippen LogP contribution >= 0.6 is 0 Å². The normalized spacial score (nSPS) is 21.4. The van der Waals surface area contributed by atoms with Crippen molar-refractivity contribution in [2.24, 2.45) is 0 Å². The lowest BCUT2D eigenvalue weighted by Gasteiger charge is -2.38. The van der Waals surface area contributed by atoms with Crippen molar-refractivity contribution in [1.82, 2.24) is 29.9 Å². The van der Waals surface area contributed by atoms with Gasteiger partial charge in [0, 0.05) is 51.7 Å². The highest BCUT2D eigenvalue weighted by Gasteiger charge is 2.25. The molecule has 0 spiro atoms. The first-order chi connectivity index (χ1) is 13.3. The zero-order valence-electron chi connectivity index (χ0n) is 15.9. The Bertz CT molecular complexity index is 703. The lowest BCUT2D eigenvalue weighted by Crippen LogP contribution is -2.48. The van der Waals surface area contributed by atoms with Gasteiger partial charge in [0.05, 0.1) is 26.0 Å². The highest BCUT2D eigenvalue weighted by molar-refractivity contribution is 5.44. The molecule has 2 aliphatic rings. The largest absolute Gasteiger partial charge is 0.378 e. The van der Waals surface area contributed by atoms with Crippen LogP contribution in [0.4, 0.5) is 11.8 Å². The summed E-state index contributed by atoms with van der Waals surface area (Å²) in [6, 6.07) is 2.42. The first kappa shape index (κ1) is 18.1. The Morgan fingerprint density at radius 3 is 2.89 bits per heavy atom. The van der Waals surface area contributed by atoms with Crippen molar-refractivity contribution in [1.29, 1.82) is 0 Å². The maximum absolute atomic E-state index is 5.44. The number of anilines is 2. The Morgan fingerprint density at radius 2 is 2.07 bits per heavy atom. The van der Waals surface area contributed by atoms with Gasteiger partial charge in [-0.05, 0) is 25.5 Å². The number of rotatable bonds is 6. The van der Waals surface area contributed by atoms with Crippen molar-refractivity contribution in [3.63, 3.8) is 0 Å². The molecule has 0 aromatic carbocycles. The van der Waals surface area contributed by atoms with E-state index in [1.54, 1.807) is 6.20 Å². The molecule has 0 saturated carbocycles. The lowest BCUT2D eigenvalue weighted by atomic mass is 10.0. The molecule has 0 radical (unpaired) electrons. The Kier molecular flexibility index (Phi) is 5.78. The number of hydrogen-bond donors (Lipinski definition) is 0. The predicted molar refractivity (Wildman–Crippen MR) is 103 cm³/mol. The molecule has 9 heteroatoms. The van der Waals surface area contributed by atoms with Crippen molar-refractivity contribution in [2.45, 2.75) is 25.4 Å². The van der Waals surface area contributed by atoms with Crippen molar-refractivity contribution < 1.29 is 4.74 Å². The number of likely N-dealkylation sites (tertiary alicyclic amines) is 1. The Labute approximate surface area is 159 Å². The van der Waals surface area contributed by atoms with E-state index in [4.69, 9.17) is 9.72 Å². The van der Waals surface area contributed by atoms with E-state index in [0.29, 0.717) is 6.04 Å². The van der Waals surface area contributed by atoms with Crippen molar-refractivity contribution in [2.75, 3.05) is 62.8 Å². The van der Waals surface area contributed by atoms with Crippen LogP contribution in [-0.2, 0) is 11.3 Å². The van der Waals surface area contributed by atoms with E-state index in [1.807, 2.05) is 23.1 Å². The zero-order valence-corrected chi connectivity index (χ0v) is 15.9. The Balaban J connectivity index is 1.37. The molecule has 2 saturated heterocycles. The van der Waals surface area contributed by atoms with Crippen LogP contribution in [0.3, 0.4) is 0 Å². The topological polar surface area (TPSA) is 75.4 Å². The van der Waals surface area contributed by atoms with Crippen LogP contribution in [0.1, 0.15) is 12.8 Å². The third kappa shape index (κ3) is 4.54. The van der Waals surface area contributed by atoms with Crippen LogP contribution in [0.2, 0.25) is 0 Å². The molecule has 27 heavy (non-hydrogen) atoms. The summed E-state index contributed by atoms with van der Waals surface area (Å²) in [5, 5.41) is 7.93. The highest BCUT2D eigenvalue weighted by atomic mass is 16.5. The fourth-order valence-corrected chi connectivity index (χ4v) is 3.79. The minimum absolute atomic E-state index is 0.425. The van der Waals surface area contributed by atoms with Crippen LogP contribution in [0.15, 0.2) is 24.7 Å². The molecule has 2 fully saturated rings. The first-order valence-corrected chi connectivity index (χ1v) is 9.74. The molecule has 2 aliphatic heterocycles. The lowest BCUT2D eigenvalue weighted by molar-refractivity contribution is 0.122. The van der Waals surface area contributed by atoms with Gasteiger partial charge in [-0.2, -0.15) is 4.98 Å². The van der Waals surface area contributed by atoms with E-state index in [-0.39, 0.29) is 0 Å². The third-order valence-corrected chi connectivity index (χ3v) is 5.42. The van der Waals surface area contributed by atoms with Crippen LogP contribution in [0, 0.1) is 0 Å². The summed E-state index contributed by atoms with van der Waals surface area (Å²) in [7, 11) is 2.12. The van der Waals surface area contributed by atoms with Crippen LogP contribution in [-0.4, -0.2) is 88.9 Å². The molecule has 4 rings (SSSR count). The highest BCUT2D eigenvalue weighted by Crippen LogP contribution is 2.21. The number of ether oxygens (including phenoxy) is 1. The summed E-state index contributed by atoms with van der Waals surface area (Å²) in [6.07, 6.45) is 7.87. The van der Waals surface area contributed by atoms with Crippen molar-refractivity contribution >= 4 is 11.8 Å². The summed E-state index contributed by atoms with van der Waals surface area (Å²) in [6.45, 7) is 7.32. The average Bonchev–Trinajstić information content (AvgIpc) is 3.26. The fourth-order valence-electron chi connectivity index (χ4n) is 3.79. The van der Waals surface area contributed by atoms with Gasteiger partial charge in [0.1, 0.15) is 5.82 Å². The number of aromatic nitrogens is 5. The second kappa shape index (κ2) is 8.62. The molecule has 0 aliphatic carbocycles. The van der Waals surface area contributed by atoms with Gasteiger partial charge in [0.25, 0.3) is 0 Å². The molecule has 0 bridgehead atoms. The number of likely N-dealkylation sites (N-methyl/N-ethyl adjacent to an activating group) is 1. The summed E-state index contributed by atoms with van der Waals surface area (Å²) in [5.41, 5.74) is 0. The number of morpholine rings is 1. The van der Waals surface area contributed by atoms with Gasteiger partial charge in [-0.15, -0.1) is 5.10 Å². The molecule has 2 aromatic heterocycles. The second-order valence-electron chi connectivity index (χ2n) is 7.19. The van der Waals surface area contributed by atoms with Crippen molar-refractivity contribution in [3.05, 3.63) is 24.7 Å². The van der Waals surface area contributed by atoms with Crippen LogP contribution in [0.25, 0.3) is 0 Å². The molecule has 4 heterocycles. The summed E-state index contributed by atoms with van der Waals surface area (Å²) in [4.78, 5) is 16.4. The zero-order chi connectivity index (χ0) is 18.5.